The fourth-order valence-electron chi connectivity index (χ4n) is 1.66. The van der Waals surface area contributed by atoms with Crippen molar-refractivity contribution in [2.75, 3.05) is 5.32 Å². The van der Waals surface area contributed by atoms with Crippen LogP contribution in [0, 0.1) is 12.7 Å². The zero-order chi connectivity index (χ0) is 13.8. The first-order valence-corrected chi connectivity index (χ1v) is 6.10. The van der Waals surface area contributed by atoms with Gasteiger partial charge in [0.05, 0.1) is 6.42 Å². The van der Waals surface area contributed by atoms with Crippen molar-refractivity contribution in [3.05, 3.63) is 58.5 Å². The average molecular weight is 279 g/mol. The number of carbonyl (C=O) groups is 1. The topological polar surface area (TPSA) is 42.0 Å². The maximum atomic E-state index is 13.5. The zero-order valence-electron chi connectivity index (χ0n) is 10.3. The molecule has 3 nitrogen and oxygen atoms in total. The predicted molar refractivity (Wildman–Crippen MR) is 72.7 cm³/mol. The summed E-state index contributed by atoms with van der Waals surface area (Å²) in [7, 11) is 0. The zero-order valence-corrected chi connectivity index (χ0v) is 11.0. The van der Waals surface area contributed by atoms with Crippen LogP contribution in [0.15, 0.2) is 36.4 Å². The van der Waals surface area contributed by atoms with E-state index in [1.165, 1.54) is 12.1 Å². The van der Waals surface area contributed by atoms with Gasteiger partial charge in [-0.3, -0.25) is 4.79 Å². The Bertz CT molecular complexity index is 596. The third kappa shape index (κ3) is 3.51. The van der Waals surface area contributed by atoms with Gasteiger partial charge in [-0.25, -0.2) is 9.37 Å². The van der Waals surface area contributed by atoms with Gasteiger partial charge in [0, 0.05) is 16.3 Å². The van der Waals surface area contributed by atoms with E-state index >= 15 is 0 Å². The van der Waals surface area contributed by atoms with E-state index in [2.05, 4.69) is 10.3 Å². The number of amides is 1. The molecule has 0 aliphatic rings. The number of hydrogen-bond acceptors (Lipinski definition) is 2. The van der Waals surface area contributed by atoms with Crippen molar-refractivity contribution in [1.82, 2.24) is 4.98 Å². The van der Waals surface area contributed by atoms with Crippen molar-refractivity contribution in [2.45, 2.75) is 13.3 Å². The molecule has 5 heteroatoms. The van der Waals surface area contributed by atoms with Gasteiger partial charge in [0.1, 0.15) is 11.6 Å². The lowest BCUT2D eigenvalue weighted by molar-refractivity contribution is -0.115. The van der Waals surface area contributed by atoms with Gasteiger partial charge in [-0.2, -0.15) is 0 Å². The lowest BCUT2D eigenvalue weighted by Gasteiger charge is -2.07. The predicted octanol–water partition coefficient (Wildman–Crippen LogP) is 3.36. The van der Waals surface area contributed by atoms with Crippen LogP contribution in [0.2, 0.25) is 5.02 Å². The normalized spacial score (nSPS) is 10.3. The lowest BCUT2D eigenvalue weighted by atomic mass is 10.1. The van der Waals surface area contributed by atoms with Crippen molar-refractivity contribution in [3.63, 3.8) is 0 Å². The Morgan fingerprint density at radius 3 is 2.74 bits per heavy atom. The molecule has 1 aromatic carbocycles. The molecular formula is C14H12ClFN2O. The SMILES string of the molecule is Cc1cccc(NC(=O)Cc2c(F)cccc2Cl)n1. The molecule has 0 atom stereocenters. The van der Waals surface area contributed by atoms with E-state index in [-0.39, 0.29) is 22.9 Å². The van der Waals surface area contributed by atoms with E-state index in [0.29, 0.717) is 5.82 Å². The second-order valence-corrected chi connectivity index (χ2v) is 4.50. The fourth-order valence-corrected chi connectivity index (χ4v) is 1.89. The number of aromatic nitrogens is 1. The molecule has 0 radical (unpaired) electrons. The smallest absolute Gasteiger partial charge is 0.230 e. The van der Waals surface area contributed by atoms with Crippen LogP contribution in [-0.2, 0) is 11.2 Å². The van der Waals surface area contributed by atoms with Crippen molar-refractivity contribution in [2.24, 2.45) is 0 Å². The van der Waals surface area contributed by atoms with Gasteiger partial charge in [0.25, 0.3) is 0 Å². The van der Waals surface area contributed by atoms with Crippen LogP contribution in [0.1, 0.15) is 11.3 Å². The summed E-state index contributed by atoms with van der Waals surface area (Å²) in [5.41, 5.74) is 0.982. The number of rotatable bonds is 3. The Hall–Kier alpha value is -1.94. The Kier molecular flexibility index (Phi) is 4.12. The second kappa shape index (κ2) is 5.80. The van der Waals surface area contributed by atoms with Crippen LogP contribution in [0.3, 0.4) is 0 Å². The summed E-state index contributed by atoms with van der Waals surface area (Å²) in [6.45, 7) is 1.82. The van der Waals surface area contributed by atoms with E-state index in [1.54, 1.807) is 18.2 Å². The summed E-state index contributed by atoms with van der Waals surface area (Å²) >= 11 is 5.87. The number of carbonyl (C=O) groups excluding carboxylic acids is 1. The molecule has 98 valence electrons. The number of nitrogens with one attached hydrogen (secondary N) is 1. The summed E-state index contributed by atoms with van der Waals surface area (Å²) in [4.78, 5) is 16.0. The van der Waals surface area contributed by atoms with E-state index in [0.717, 1.165) is 5.69 Å². The van der Waals surface area contributed by atoms with Crippen molar-refractivity contribution >= 4 is 23.3 Å². The standard InChI is InChI=1S/C14H12ClFN2O/c1-9-4-2-7-13(17-9)18-14(19)8-10-11(15)5-3-6-12(10)16/h2-7H,8H2,1H3,(H,17,18,19). The third-order valence-electron chi connectivity index (χ3n) is 2.55. The molecule has 0 bridgehead atoms. The highest BCUT2D eigenvalue weighted by Crippen LogP contribution is 2.19. The molecule has 2 aromatic rings. The van der Waals surface area contributed by atoms with Gasteiger partial charge in [-0.15, -0.1) is 0 Å². The number of anilines is 1. The van der Waals surface area contributed by atoms with Gasteiger partial charge >= 0.3 is 0 Å². The highest BCUT2D eigenvalue weighted by Gasteiger charge is 2.12. The summed E-state index contributed by atoms with van der Waals surface area (Å²) in [5.74, 6) is -0.401. The molecule has 19 heavy (non-hydrogen) atoms. The largest absolute Gasteiger partial charge is 0.310 e. The molecule has 0 aliphatic heterocycles. The quantitative estimate of drug-likeness (QED) is 0.935. The summed E-state index contributed by atoms with van der Waals surface area (Å²) in [5, 5.41) is 2.85. The van der Waals surface area contributed by atoms with Crippen LogP contribution in [-0.4, -0.2) is 10.9 Å². The molecule has 1 heterocycles. The fraction of sp³-hybridized carbons (Fsp3) is 0.143. The first-order valence-electron chi connectivity index (χ1n) is 5.72. The van der Waals surface area contributed by atoms with Crippen molar-refractivity contribution in [1.29, 1.82) is 0 Å². The van der Waals surface area contributed by atoms with Gasteiger partial charge in [0.2, 0.25) is 5.91 Å². The van der Waals surface area contributed by atoms with E-state index < -0.39 is 5.82 Å². The first-order chi connectivity index (χ1) is 9.06. The number of hydrogen-bond donors (Lipinski definition) is 1. The number of nitrogens with zero attached hydrogens (tertiary/aromatic N) is 1. The maximum absolute atomic E-state index is 13.5. The highest BCUT2D eigenvalue weighted by molar-refractivity contribution is 6.31. The van der Waals surface area contributed by atoms with Gasteiger partial charge in [-0.05, 0) is 31.2 Å². The van der Waals surface area contributed by atoms with Crippen molar-refractivity contribution < 1.29 is 9.18 Å². The molecule has 1 aromatic heterocycles. The Morgan fingerprint density at radius 1 is 1.32 bits per heavy atom. The summed E-state index contributed by atoms with van der Waals surface area (Å²) in [6.07, 6.45) is -0.124. The summed E-state index contributed by atoms with van der Waals surface area (Å²) in [6, 6.07) is 9.62. The van der Waals surface area contributed by atoms with Crippen LogP contribution in [0.5, 0.6) is 0 Å². The molecule has 0 unspecified atom stereocenters. The molecule has 0 spiro atoms. The third-order valence-corrected chi connectivity index (χ3v) is 2.91. The number of benzene rings is 1. The van der Waals surface area contributed by atoms with Gasteiger partial charge < -0.3 is 5.32 Å². The molecule has 0 saturated heterocycles. The molecular weight excluding hydrogens is 267 g/mol. The average Bonchev–Trinajstić information content (AvgIpc) is 2.34. The minimum Gasteiger partial charge on any atom is -0.310 e. The molecule has 0 fully saturated rings. The second-order valence-electron chi connectivity index (χ2n) is 4.09. The molecule has 0 aliphatic carbocycles. The maximum Gasteiger partial charge on any atom is 0.230 e. The minimum atomic E-state index is -0.486. The Labute approximate surface area is 115 Å². The molecule has 1 amide bonds. The highest BCUT2D eigenvalue weighted by atomic mass is 35.5. The Morgan fingerprint density at radius 2 is 2.05 bits per heavy atom. The minimum absolute atomic E-state index is 0.124. The summed E-state index contributed by atoms with van der Waals surface area (Å²) < 4.78 is 13.5. The van der Waals surface area contributed by atoms with Gasteiger partial charge in [0.15, 0.2) is 0 Å². The van der Waals surface area contributed by atoms with Gasteiger partial charge in [-0.1, -0.05) is 23.7 Å². The van der Waals surface area contributed by atoms with Crippen LogP contribution in [0.4, 0.5) is 10.2 Å². The number of pyridine rings is 1. The van der Waals surface area contributed by atoms with E-state index in [9.17, 15) is 9.18 Å². The monoisotopic (exact) mass is 278 g/mol. The first kappa shape index (κ1) is 13.5. The van der Waals surface area contributed by atoms with E-state index in [4.69, 9.17) is 11.6 Å². The van der Waals surface area contributed by atoms with Crippen LogP contribution >= 0.6 is 11.6 Å². The lowest BCUT2D eigenvalue weighted by Crippen LogP contribution is -2.16. The van der Waals surface area contributed by atoms with E-state index in [1.807, 2.05) is 13.0 Å². The molecule has 0 saturated carbocycles. The molecule has 1 N–H and O–H groups in total. The number of halogens is 2. The Balaban J connectivity index is 2.10. The van der Waals surface area contributed by atoms with Crippen LogP contribution in [0.25, 0.3) is 0 Å². The van der Waals surface area contributed by atoms with Crippen molar-refractivity contribution in [3.8, 4) is 0 Å². The molecule has 2 rings (SSSR count). The van der Waals surface area contributed by atoms with Crippen LogP contribution < -0.4 is 5.32 Å². The number of aryl methyl sites for hydroxylation is 1.